The fourth-order valence-corrected chi connectivity index (χ4v) is 4.75. The number of thiazole rings is 1. The van der Waals surface area contributed by atoms with Gasteiger partial charge < -0.3 is 15.5 Å². The minimum atomic E-state index is -0.181. The van der Waals surface area contributed by atoms with Gasteiger partial charge in [0.05, 0.1) is 24.3 Å². The van der Waals surface area contributed by atoms with Gasteiger partial charge in [-0.1, -0.05) is 39.0 Å². The topological polar surface area (TPSA) is 103 Å². The Morgan fingerprint density at radius 3 is 2.81 bits per heavy atom. The molecule has 1 fully saturated rings. The van der Waals surface area contributed by atoms with Crippen LogP contribution in [0, 0.1) is 0 Å². The monoisotopic (exact) mass is 472 g/mol. The van der Waals surface area contributed by atoms with Crippen molar-refractivity contribution in [1.29, 1.82) is 0 Å². The van der Waals surface area contributed by atoms with E-state index in [2.05, 4.69) is 59.2 Å². The fraction of sp³-hybridized carbons (Fsp3) is 0.364. The van der Waals surface area contributed by atoms with Crippen LogP contribution in [0.3, 0.4) is 0 Å². The Bertz CT molecular complexity index is 1190. The van der Waals surface area contributed by atoms with Crippen LogP contribution in [0.2, 0.25) is 5.02 Å². The molecule has 3 heterocycles. The molecule has 3 N–H and O–H groups in total. The van der Waals surface area contributed by atoms with Gasteiger partial charge in [0.25, 0.3) is 5.91 Å². The Balaban J connectivity index is 1.38. The summed E-state index contributed by atoms with van der Waals surface area (Å²) in [6, 6.07) is 3.91. The van der Waals surface area contributed by atoms with Crippen molar-refractivity contribution in [2.75, 3.05) is 18.4 Å². The van der Waals surface area contributed by atoms with E-state index in [1.807, 2.05) is 6.07 Å². The summed E-state index contributed by atoms with van der Waals surface area (Å²) in [5.41, 5.74) is 1.82. The van der Waals surface area contributed by atoms with Gasteiger partial charge in [-0.2, -0.15) is 5.10 Å². The molecule has 0 radical (unpaired) electrons. The molecule has 168 valence electrons. The number of hydrogen-bond acceptors (Lipinski definition) is 6. The first-order chi connectivity index (χ1) is 15.2. The summed E-state index contributed by atoms with van der Waals surface area (Å²) in [5.74, 6) is 0.411. The highest BCUT2D eigenvalue weighted by molar-refractivity contribution is 7.13. The van der Waals surface area contributed by atoms with Gasteiger partial charge in [0.2, 0.25) is 5.91 Å². The predicted octanol–water partition coefficient (Wildman–Crippen LogP) is 3.71. The molecule has 4 rings (SSSR count). The average molecular weight is 473 g/mol. The molecule has 0 saturated carbocycles. The second-order valence-corrected chi connectivity index (χ2v) is 10.3. The Morgan fingerprint density at radius 1 is 1.38 bits per heavy atom. The lowest BCUT2D eigenvalue weighted by Gasteiger charge is -2.38. The molecule has 0 bridgehead atoms. The number of carbonyl (C=O) groups is 2. The Hall–Kier alpha value is -2.91. The zero-order valence-corrected chi connectivity index (χ0v) is 19.7. The number of rotatable bonds is 6. The van der Waals surface area contributed by atoms with Crippen LogP contribution in [0.25, 0.3) is 10.9 Å². The molecule has 1 saturated heterocycles. The van der Waals surface area contributed by atoms with Crippen LogP contribution in [0.4, 0.5) is 5.82 Å². The van der Waals surface area contributed by atoms with Crippen LogP contribution < -0.4 is 10.6 Å². The molecule has 2 aromatic heterocycles. The van der Waals surface area contributed by atoms with Crippen LogP contribution in [-0.4, -0.2) is 51.0 Å². The second-order valence-electron chi connectivity index (χ2n) is 8.79. The van der Waals surface area contributed by atoms with Crippen molar-refractivity contribution in [2.45, 2.75) is 38.8 Å². The molecule has 1 aliphatic rings. The molecule has 0 atom stereocenters. The molecule has 32 heavy (non-hydrogen) atoms. The van der Waals surface area contributed by atoms with E-state index in [9.17, 15) is 9.59 Å². The number of benzene rings is 1. The third kappa shape index (κ3) is 4.49. The smallest absolute Gasteiger partial charge is 0.263 e. The molecule has 8 nitrogen and oxygen atoms in total. The van der Waals surface area contributed by atoms with Crippen LogP contribution in [0.15, 0.2) is 31.0 Å². The maximum atomic E-state index is 12.5. The highest BCUT2D eigenvalue weighted by Crippen LogP contribution is 2.34. The largest absolute Gasteiger partial charge is 0.362 e. The number of nitrogens with one attached hydrogen (secondary N) is 3. The molecule has 1 aliphatic heterocycles. The van der Waals surface area contributed by atoms with E-state index in [1.165, 1.54) is 17.4 Å². The molecule has 1 aromatic carbocycles. The number of hydrogen-bond donors (Lipinski definition) is 3. The Labute approximate surface area is 195 Å². The summed E-state index contributed by atoms with van der Waals surface area (Å²) >= 11 is 7.77. The quantitative estimate of drug-likeness (QED) is 0.474. The lowest BCUT2D eigenvalue weighted by molar-refractivity contribution is -0.130. The molecule has 3 aromatic rings. The van der Waals surface area contributed by atoms with E-state index in [1.54, 1.807) is 11.1 Å². The lowest BCUT2D eigenvalue weighted by Crippen LogP contribution is -2.60. The highest BCUT2D eigenvalue weighted by Gasteiger charge is 2.31. The summed E-state index contributed by atoms with van der Waals surface area (Å²) < 4.78 is 0. The molecule has 2 amide bonds. The number of likely N-dealkylation sites (tertiary alicyclic amines) is 1. The second kappa shape index (κ2) is 8.55. The number of fused-ring (bicyclic) bond motifs is 1. The normalized spacial score (nSPS) is 14.3. The molecular weight excluding hydrogens is 448 g/mol. The summed E-state index contributed by atoms with van der Waals surface area (Å²) in [5, 5.41) is 16.0. The van der Waals surface area contributed by atoms with E-state index in [4.69, 9.17) is 11.6 Å². The first kappa shape index (κ1) is 22.3. The van der Waals surface area contributed by atoms with Gasteiger partial charge in [-0.05, 0) is 29.2 Å². The number of halogens is 1. The SMILES string of the molecule is C=CC(=O)N1CC(NC(=O)c2cnc(CNc3n[nH]c4cc(Cl)c(C(C)(C)C)cc34)s2)C1. The highest BCUT2D eigenvalue weighted by atomic mass is 35.5. The van der Waals surface area contributed by atoms with E-state index in [-0.39, 0.29) is 23.3 Å². The first-order valence-corrected chi connectivity index (χ1v) is 11.4. The summed E-state index contributed by atoms with van der Waals surface area (Å²) in [7, 11) is 0. The van der Waals surface area contributed by atoms with Crippen LogP contribution >= 0.6 is 22.9 Å². The third-order valence-corrected chi connectivity index (χ3v) is 6.65. The van der Waals surface area contributed by atoms with Crippen LogP contribution in [-0.2, 0) is 16.8 Å². The third-order valence-electron chi connectivity index (χ3n) is 5.35. The maximum Gasteiger partial charge on any atom is 0.263 e. The number of nitrogens with zero attached hydrogens (tertiary/aromatic N) is 3. The summed E-state index contributed by atoms with van der Waals surface area (Å²) in [4.78, 5) is 30.5. The molecule has 0 spiro atoms. The predicted molar refractivity (Wildman–Crippen MR) is 127 cm³/mol. The number of H-pyrrole nitrogens is 1. The van der Waals surface area contributed by atoms with Gasteiger partial charge in [-0.3, -0.25) is 14.7 Å². The zero-order valence-electron chi connectivity index (χ0n) is 18.2. The van der Waals surface area contributed by atoms with Gasteiger partial charge >= 0.3 is 0 Å². The average Bonchev–Trinajstić information content (AvgIpc) is 3.33. The van der Waals surface area contributed by atoms with Crippen molar-refractivity contribution >= 4 is 51.5 Å². The number of aromatic amines is 1. The van der Waals surface area contributed by atoms with Gasteiger partial charge in [0.1, 0.15) is 9.88 Å². The van der Waals surface area contributed by atoms with E-state index in [0.29, 0.717) is 35.4 Å². The van der Waals surface area contributed by atoms with Crippen molar-refractivity contribution < 1.29 is 9.59 Å². The van der Waals surface area contributed by atoms with Crippen LogP contribution in [0.5, 0.6) is 0 Å². The van der Waals surface area contributed by atoms with Gasteiger partial charge in [-0.25, -0.2) is 4.98 Å². The van der Waals surface area contributed by atoms with Gasteiger partial charge in [0.15, 0.2) is 5.82 Å². The van der Waals surface area contributed by atoms with E-state index < -0.39 is 0 Å². The number of carbonyl (C=O) groups excluding carboxylic acids is 2. The first-order valence-electron chi connectivity index (χ1n) is 10.2. The van der Waals surface area contributed by atoms with Crippen molar-refractivity contribution in [3.63, 3.8) is 0 Å². The fourth-order valence-electron chi connectivity index (χ4n) is 3.54. The molecule has 0 unspecified atom stereocenters. The van der Waals surface area contributed by atoms with E-state index >= 15 is 0 Å². The minimum absolute atomic E-state index is 0.0469. The Morgan fingerprint density at radius 2 is 2.12 bits per heavy atom. The summed E-state index contributed by atoms with van der Waals surface area (Å²) in [6.07, 6.45) is 2.85. The Kier molecular flexibility index (Phi) is 5.96. The van der Waals surface area contributed by atoms with Crippen LogP contribution in [0.1, 0.15) is 41.0 Å². The standard InChI is InChI=1S/C22H25ClN6O2S/c1-5-19(30)29-10-12(11-29)26-21(31)17-8-24-18(32-17)9-25-20-13-6-14(22(2,3)4)15(23)7-16(13)27-28-20/h5-8,12H,1,9-11H2,2-4H3,(H,26,31)(H2,25,27,28). The lowest BCUT2D eigenvalue weighted by atomic mass is 9.86. The van der Waals surface area contributed by atoms with Crippen molar-refractivity contribution in [3.8, 4) is 0 Å². The van der Waals surface area contributed by atoms with Crippen molar-refractivity contribution in [1.82, 2.24) is 25.4 Å². The number of anilines is 1. The van der Waals surface area contributed by atoms with Crippen molar-refractivity contribution in [2.24, 2.45) is 0 Å². The molecule has 10 heteroatoms. The molecule has 0 aliphatic carbocycles. The summed E-state index contributed by atoms with van der Waals surface area (Å²) in [6.45, 7) is 11.3. The van der Waals surface area contributed by atoms with Gasteiger partial charge in [-0.15, -0.1) is 11.3 Å². The number of aromatic nitrogens is 3. The number of amides is 2. The van der Waals surface area contributed by atoms with E-state index in [0.717, 1.165) is 21.5 Å². The molecular formula is C22H25ClN6O2S. The van der Waals surface area contributed by atoms with Gasteiger partial charge in [0, 0.05) is 23.5 Å². The minimum Gasteiger partial charge on any atom is -0.362 e. The maximum absolute atomic E-state index is 12.5. The zero-order chi connectivity index (χ0) is 23.0. The van der Waals surface area contributed by atoms with Crippen molar-refractivity contribution in [3.05, 3.63) is 51.5 Å².